The monoisotopic (exact) mass is 353 g/mol. The van der Waals surface area contributed by atoms with E-state index in [4.69, 9.17) is 12.2 Å². The van der Waals surface area contributed by atoms with E-state index in [0.29, 0.717) is 0 Å². The summed E-state index contributed by atoms with van der Waals surface area (Å²) in [7, 11) is 1.70. The van der Waals surface area contributed by atoms with Gasteiger partial charge < -0.3 is 10.2 Å². The average molecular weight is 353 g/mol. The molecule has 5 nitrogen and oxygen atoms in total. The Labute approximate surface area is 152 Å². The molecule has 0 aliphatic carbocycles. The fourth-order valence-corrected chi connectivity index (χ4v) is 2.22. The van der Waals surface area contributed by atoms with Crippen LogP contribution in [0.25, 0.3) is 6.08 Å². The van der Waals surface area contributed by atoms with Gasteiger partial charge in [-0.15, -0.1) is 0 Å². The number of thiocarbonyl (C=S) groups is 1. The highest BCUT2D eigenvalue weighted by molar-refractivity contribution is 7.80. The molecule has 25 heavy (non-hydrogen) atoms. The van der Waals surface area contributed by atoms with Crippen LogP contribution in [0.5, 0.6) is 0 Å². The smallest absolute Gasteiger partial charge is 0.250 e. The van der Waals surface area contributed by atoms with Crippen LogP contribution in [0.3, 0.4) is 0 Å². The molecule has 2 amide bonds. The van der Waals surface area contributed by atoms with Crippen LogP contribution < -0.4 is 15.5 Å². The molecule has 2 N–H and O–H groups in total. The number of anilines is 2. The van der Waals surface area contributed by atoms with E-state index in [0.717, 1.165) is 16.9 Å². The maximum atomic E-state index is 11.9. The lowest BCUT2D eigenvalue weighted by atomic mass is 10.2. The largest absolute Gasteiger partial charge is 0.332 e. The Balaban J connectivity index is 1.88. The number of carbonyl (C=O) groups is 2. The first kappa shape index (κ1) is 18.4. The van der Waals surface area contributed by atoms with E-state index >= 15 is 0 Å². The highest BCUT2D eigenvalue weighted by Gasteiger charge is 2.06. The van der Waals surface area contributed by atoms with Crippen molar-refractivity contribution in [1.82, 2.24) is 5.32 Å². The van der Waals surface area contributed by atoms with Gasteiger partial charge in [-0.05, 0) is 48.1 Å². The molecule has 0 radical (unpaired) electrons. The zero-order valence-corrected chi connectivity index (χ0v) is 14.8. The van der Waals surface area contributed by atoms with E-state index in [-0.39, 0.29) is 16.9 Å². The summed E-state index contributed by atoms with van der Waals surface area (Å²) in [6, 6.07) is 16.7. The Hall–Kier alpha value is -2.99. The molecule has 0 atom stereocenters. The molecule has 2 aromatic rings. The molecule has 6 heteroatoms. The maximum absolute atomic E-state index is 11.9. The predicted octanol–water partition coefficient (Wildman–Crippen LogP) is 3.20. The summed E-state index contributed by atoms with van der Waals surface area (Å²) >= 11 is 5.13. The van der Waals surface area contributed by atoms with Crippen LogP contribution in [0.1, 0.15) is 12.5 Å². The van der Waals surface area contributed by atoms with Crippen molar-refractivity contribution in [3.63, 3.8) is 0 Å². The van der Waals surface area contributed by atoms with E-state index in [2.05, 4.69) is 10.6 Å². The van der Waals surface area contributed by atoms with Crippen molar-refractivity contribution in [2.24, 2.45) is 0 Å². The van der Waals surface area contributed by atoms with E-state index in [1.807, 2.05) is 30.3 Å². The van der Waals surface area contributed by atoms with Gasteiger partial charge in [-0.25, -0.2) is 0 Å². The van der Waals surface area contributed by atoms with E-state index < -0.39 is 0 Å². The molecule has 0 spiro atoms. The standard InChI is InChI=1S/C19H19N3O2S/c1-14(23)22(2)17-11-9-16(10-12-17)20-19(25)21-18(24)13-8-15-6-4-3-5-7-15/h3-13H,1-2H3,(H2,20,21,24,25)/b13-8+. The maximum Gasteiger partial charge on any atom is 0.250 e. The number of carbonyl (C=O) groups excluding carboxylic acids is 2. The highest BCUT2D eigenvalue weighted by atomic mass is 32.1. The van der Waals surface area contributed by atoms with Crippen LogP contribution in [0, 0.1) is 0 Å². The van der Waals surface area contributed by atoms with Crippen molar-refractivity contribution < 1.29 is 9.59 Å². The van der Waals surface area contributed by atoms with Gasteiger partial charge in [0.1, 0.15) is 0 Å². The second-order valence-electron chi connectivity index (χ2n) is 5.31. The topological polar surface area (TPSA) is 61.4 Å². The number of nitrogens with one attached hydrogen (secondary N) is 2. The van der Waals surface area contributed by atoms with E-state index in [1.54, 1.807) is 37.4 Å². The van der Waals surface area contributed by atoms with Crippen molar-refractivity contribution in [3.05, 3.63) is 66.2 Å². The third kappa shape index (κ3) is 5.86. The molecule has 2 rings (SSSR count). The molecule has 0 aliphatic rings. The molecule has 0 saturated carbocycles. The molecule has 128 valence electrons. The number of hydrogen-bond acceptors (Lipinski definition) is 3. The first-order chi connectivity index (χ1) is 12.0. The van der Waals surface area contributed by atoms with Crippen molar-refractivity contribution in [2.45, 2.75) is 6.92 Å². The lowest BCUT2D eigenvalue weighted by Crippen LogP contribution is -2.32. The summed E-state index contributed by atoms with van der Waals surface area (Å²) in [5.41, 5.74) is 2.43. The van der Waals surface area contributed by atoms with Crippen LogP contribution in [0.15, 0.2) is 60.7 Å². The summed E-state index contributed by atoms with van der Waals surface area (Å²) in [4.78, 5) is 24.7. The predicted molar refractivity (Wildman–Crippen MR) is 105 cm³/mol. The zero-order chi connectivity index (χ0) is 18.2. The quantitative estimate of drug-likeness (QED) is 0.655. The van der Waals surface area contributed by atoms with Crippen LogP contribution in [-0.2, 0) is 9.59 Å². The second-order valence-corrected chi connectivity index (χ2v) is 5.72. The molecular formula is C19H19N3O2S. The van der Waals surface area contributed by atoms with Crippen molar-refractivity contribution in [2.75, 3.05) is 17.3 Å². The minimum absolute atomic E-state index is 0.0475. The molecule has 0 aromatic heterocycles. The van der Waals surface area contributed by atoms with Gasteiger partial charge in [0.05, 0.1) is 0 Å². The minimum Gasteiger partial charge on any atom is -0.332 e. The second kappa shape index (κ2) is 8.75. The van der Waals surface area contributed by atoms with Gasteiger partial charge >= 0.3 is 0 Å². The Morgan fingerprint density at radius 1 is 1.04 bits per heavy atom. The van der Waals surface area contributed by atoms with Crippen LogP contribution in [0.2, 0.25) is 0 Å². The number of rotatable bonds is 4. The first-order valence-corrected chi connectivity index (χ1v) is 8.06. The normalized spacial score (nSPS) is 10.3. The SMILES string of the molecule is CC(=O)N(C)c1ccc(NC(=S)NC(=O)/C=C/c2ccccc2)cc1. The van der Waals surface area contributed by atoms with Gasteiger partial charge in [0.15, 0.2) is 5.11 Å². The van der Waals surface area contributed by atoms with Crippen molar-refractivity contribution in [1.29, 1.82) is 0 Å². The summed E-state index contributed by atoms with van der Waals surface area (Å²) in [6.45, 7) is 1.50. The van der Waals surface area contributed by atoms with Gasteiger partial charge in [-0.3, -0.25) is 14.9 Å². The van der Waals surface area contributed by atoms with Gasteiger partial charge in [-0.2, -0.15) is 0 Å². The summed E-state index contributed by atoms with van der Waals surface area (Å²) in [6.07, 6.45) is 3.14. The summed E-state index contributed by atoms with van der Waals surface area (Å²) < 4.78 is 0. The third-order valence-electron chi connectivity index (χ3n) is 3.45. The van der Waals surface area contributed by atoms with Gasteiger partial charge in [0.2, 0.25) is 11.8 Å². The van der Waals surface area contributed by atoms with Crippen LogP contribution in [0.4, 0.5) is 11.4 Å². The molecule has 0 bridgehead atoms. The lowest BCUT2D eigenvalue weighted by molar-refractivity contribution is -0.116. The molecule has 0 unspecified atom stereocenters. The zero-order valence-electron chi connectivity index (χ0n) is 14.0. The van der Waals surface area contributed by atoms with Gasteiger partial charge in [0.25, 0.3) is 0 Å². The Morgan fingerprint density at radius 3 is 2.28 bits per heavy atom. The Morgan fingerprint density at radius 2 is 1.68 bits per heavy atom. The van der Waals surface area contributed by atoms with E-state index in [1.165, 1.54) is 17.9 Å². The lowest BCUT2D eigenvalue weighted by Gasteiger charge is -2.15. The van der Waals surface area contributed by atoms with Crippen LogP contribution in [-0.4, -0.2) is 24.0 Å². The Bertz CT molecular complexity index is 786. The van der Waals surface area contributed by atoms with Gasteiger partial charge in [0, 0.05) is 31.4 Å². The third-order valence-corrected chi connectivity index (χ3v) is 3.65. The van der Waals surface area contributed by atoms with Crippen LogP contribution >= 0.6 is 12.2 Å². The van der Waals surface area contributed by atoms with Crippen molar-refractivity contribution >= 4 is 46.6 Å². The summed E-state index contributed by atoms with van der Waals surface area (Å²) in [5.74, 6) is -0.358. The molecule has 2 aromatic carbocycles. The number of hydrogen-bond donors (Lipinski definition) is 2. The number of amides is 2. The average Bonchev–Trinajstić information content (AvgIpc) is 2.60. The molecule has 0 saturated heterocycles. The number of nitrogens with zero attached hydrogens (tertiary/aromatic N) is 1. The molecular weight excluding hydrogens is 334 g/mol. The first-order valence-electron chi connectivity index (χ1n) is 7.65. The highest BCUT2D eigenvalue weighted by Crippen LogP contribution is 2.16. The summed E-state index contributed by atoms with van der Waals surface area (Å²) in [5, 5.41) is 5.72. The minimum atomic E-state index is -0.311. The van der Waals surface area contributed by atoms with E-state index in [9.17, 15) is 9.59 Å². The van der Waals surface area contributed by atoms with Crippen molar-refractivity contribution in [3.8, 4) is 0 Å². The van der Waals surface area contributed by atoms with Gasteiger partial charge in [-0.1, -0.05) is 30.3 Å². The fourth-order valence-electron chi connectivity index (χ4n) is 2.00. The number of benzene rings is 2. The Kier molecular flexibility index (Phi) is 6.42. The fraction of sp³-hybridized carbons (Fsp3) is 0.105. The molecule has 0 fully saturated rings. The molecule has 0 aliphatic heterocycles. The molecule has 0 heterocycles.